The third-order valence-electron chi connectivity index (χ3n) is 5.10. The van der Waals surface area contributed by atoms with E-state index < -0.39 is 0 Å². The quantitative estimate of drug-likeness (QED) is 0.461. The molecule has 1 unspecified atom stereocenters. The Balaban J connectivity index is 0.00000225. The highest BCUT2D eigenvalue weighted by Crippen LogP contribution is 2.26. The van der Waals surface area contributed by atoms with Crippen LogP contribution in [0.4, 0.5) is 0 Å². The molecule has 0 saturated carbocycles. The fourth-order valence-electron chi connectivity index (χ4n) is 3.50. The van der Waals surface area contributed by atoms with Crippen molar-refractivity contribution in [2.45, 2.75) is 31.7 Å². The fourth-order valence-corrected chi connectivity index (χ4v) is 4.80. The average Bonchev–Trinajstić information content (AvgIpc) is 3.10. The maximum absolute atomic E-state index is 12.8. The fraction of sp³-hybridized carbons (Fsp3) is 0.667. The molecule has 0 bridgehead atoms. The van der Waals surface area contributed by atoms with Gasteiger partial charge in [-0.1, -0.05) is 25.6 Å². The number of carbonyl (C=O) groups excluding carboxylic acids is 1. The summed E-state index contributed by atoms with van der Waals surface area (Å²) in [6.45, 7) is 9.88. The maximum Gasteiger partial charge on any atom is 0.282 e. The number of piperazine rings is 1. The second-order valence-corrected chi connectivity index (χ2v) is 8.57. The van der Waals surface area contributed by atoms with Crippen LogP contribution in [0.25, 0.3) is 0 Å². The predicted octanol–water partition coefficient (Wildman–Crippen LogP) is -10.0. The number of hydrogen-bond acceptors (Lipinski definition) is 2. The molecule has 1 aromatic rings. The number of halogens is 3. The highest BCUT2D eigenvalue weighted by molar-refractivity contribution is 7.99. The number of hydrogen-bond donors (Lipinski definition) is 2. The standard InChI is InChI=1S/C18H28N4OS.3ClH/c1-14(2)5-7-21-8-10-22(11-9-21)18(23)16-13-24-17(20-16)15-4-3-6-19-12-15;;;/h3-4,6,12,14,16-17,20H,5,7-11,13H2,1-2H3;3*1H/t16-,17?;;;/m0.../s1. The van der Waals surface area contributed by atoms with Gasteiger partial charge in [-0.15, -0.1) is 0 Å². The minimum absolute atomic E-state index is 0. The zero-order valence-electron chi connectivity index (χ0n) is 16.0. The van der Waals surface area contributed by atoms with E-state index in [1.807, 2.05) is 30.2 Å². The average molecular weight is 458 g/mol. The second-order valence-electron chi connectivity index (χ2n) is 7.40. The van der Waals surface area contributed by atoms with Gasteiger partial charge in [-0.3, -0.25) is 4.79 Å². The number of aromatic nitrogens is 1. The van der Waals surface area contributed by atoms with Gasteiger partial charge in [0.05, 0.1) is 44.0 Å². The van der Waals surface area contributed by atoms with Crippen LogP contribution in [0.1, 0.15) is 31.2 Å². The molecule has 4 N–H and O–H groups in total. The van der Waals surface area contributed by atoms with Gasteiger partial charge in [-0.05, 0) is 18.4 Å². The summed E-state index contributed by atoms with van der Waals surface area (Å²) in [6, 6.07) is 4.24. The van der Waals surface area contributed by atoms with Gasteiger partial charge in [0.1, 0.15) is 0 Å². The van der Waals surface area contributed by atoms with Crippen LogP contribution in [0, 0.1) is 5.92 Å². The van der Waals surface area contributed by atoms with E-state index in [2.05, 4.69) is 35.1 Å². The summed E-state index contributed by atoms with van der Waals surface area (Å²) in [5, 5.41) is 2.59. The summed E-state index contributed by atoms with van der Waals surface area (Å²) in [7, 11) is 0. The van der Waals surface area contributed by atoms with Crippen molar-refractivity contribution in [3.8, 4) is 0 Å². The molecule has 5 nitrogen and oxygen atoms in total. The Labute approximate surface area is 185 Å². The Hall–Kier alpha value is -0.240. The van der Waals surface area contributed by atoms with E-state index in [0.29, 0.717) is 11.3 Å². The highest BCUT2D eigenvalue weighted by atomic mass is 35.5. The number of nitrogens with two attached hydrogens (primary N) is 1. The molecule has 3 heterocycles. The lowest BCUT2D eigenvalue weighted by Gasteiger charge is -2.33. The first kappa shape index (κ1) is 26.8. The van der Waals surface area contributed by atoms with E-state index in [9.17, 15) is 4.79 Å². The van der Waals surface area contributed by atoms with Crippen molar-refractivity contribution in [3.05, 3.63) is 30.1 Å². The number of quaternary nitrogens is 2. The lowest BCUT2D eigenvalue weighted by molar-refractivity contribution is -0.904. The van der Waals surface area contributed by atoms with Crippen molar-refractivity contribution in [1.29, 1.82) is 0 Å². The number of nitrogens with one attached hydrogen (secondary N) is 2. The topological polar surface area (TPSA) is 55.5 Å². The van der Waals surface area contributed by atoms with Crippen molar-refractivity contribution in [3.63, 3.8) is 0 Å². The molecule has 0 radical (unpaired) electrons. The zero-order valence-corrected chi connectivity index (χ0v) is 19.1. The first-order valence-corrected chi connectivity index (χ1v) is 10.2. The zero-order chi connectivity index (χ0) is 16.9. The third-order valence-corrected chi connectivity index (χ3v) is 6.44. The van der Waals surface area contributed by atoms with Crippen LogP contribution in [0.5, 0.6) is 0 Å². The van der Waals surface area contributed by atoms with Crippen LogP contribution in [-0.4, -0.2) is 55.3 Å². The molecule has 2 saturated heterocycles. The summed E-state index contributed by atoms with van der Waals surface area (Å²) in [4.78, 5) is 19.7. The van der Waals surface area contributed by atoms with E-state index in [1.165, 1.54) is 18.5 Å². The second kappa shape index (κ2) is 13.1. The SMILES string of the molecule is CC(C)CC[NH+]1CCN(C(=O)[C@@H]2CSC(c3ccc[nH+]c3)[NH2+]2)CC1.[Cl-].[Cl-].[Cl-]. The normalized spacial score (nSPS) is 22.6. The van der Waals surface area contributed by atoms with Crippen LogP contribution < -0.4 is 52.4 Å². The molecule has 27 heavy (non-hydrogen) atoms. The van der Waals surface area contributed by atoms with Crippen molar-refractivity contribution >= 4 is 17.7 Å². The molecular formula is C18H31Cl3N4OS. The number of rotatable bonds is 5. The first-order chi connectivity index (χ1) is 11.6. The van der Waals surface area contributed by atoms with Gasteiger partial charge in [-0.2, -0.15) is 0 Å². The highest BCUT2D eigenvalue weighted by Gasteiger charge is 2.39. The molecule has 9 heteroatoms. The lowest BCUT2D eigenvalue weighted by atomic mass is 10.1. The number of amides is 1. The largest absolute Gasteiger partial charge is 1.00 e. The van der Waals surface area contributed by atoms with Crippen molar-refractivity contribution in [2.75, 3.05) is 38.5 Å². The predicted molar refractivity (Wildman–Crippen MR) is 95.5 cm³/mol. The molecule has 0 spiro atoms. The molecule has 2 aliphatic rings. The number of aromatic amines is 1. The third kappa shape index (κ3) is 7.59. The summed E-state index contributed by atoms with van der Waals surface area (Å²) in [5.41, 5.74) is 1.26. The van der Waals surface area contributed by atoms with Crippen LogP contribution in [-0.2, 0) is 4.79 Å². The van der Waals surface area contributed by atoms with E-state index in [-0.39, 0.29) is 43.3 Å². The Morgan fingerprint density at radius 1 is 1.33 bits per heavy atom. The van der Waals surface area contributed by atoms with Crippen LogP contribution in [0.3, 0.4) is 0 Å². The van der Waals surface area contributed by atoms with Gasteiger partial charge >= 0.3 is 0 Å². The van der Waals surface area contributed by atoms with Crippen LogP contribution in [0.2, 0.25) is 0 Å². The van der Waals surface area contributed by atoms with Crippen molar-refractivity contribution in [2.24, 2.45) is 5.92 Å². The Kier molecular flexibility index (Phi) is 13.0. The van der Waals surface area contributed by atoms with Gasteiger partial charge in [0, 0.05) is 6.07 Å². The Morgan fingerprint density at radius 2 is 2.04 bits per heavy atom. The molecule has 2 aliphatic heterocycles. The van der Waals surface area contributed by atoms with Crippen molar-refractivity contribution < 1.29 is 57.2 Å². The van der Waals surface area contributed by atoms with E-state index in [0.717, 1.165) is 37.8 Å². The van der Waals surface area contributed by atoms with Gasteiger partial charge in [0.2, 0.25) is 0 Å². The van der Waals surface area contributed by atoms with Gasteiger partial charge in [-0.25, -0.2) is 4.98 Å². The molecule has 0 aromatic carbocycles. The number of nitrogens with zero attached hydrogens (tertiary/aromatic N) is 1. The van der Waals surface area contributed by atoms with Crippen LogP contribution in [0.15, 0.2) is 24.5 Å². The minimum Gasteiger partial charge on any atom is -1.00 e. The maximum atomic E-state index is 12.8. The minimum atomic E-state index is 0. The smallest absolute Gasteiger partial charge is 0.282 e. The Bertz CT molecular complexity index is 545. The molecule has 3 rings (SSSR count). The van der Waals surface area contributed by atoms with E-state index in [1.54, 1.807) is 4.90 Å². The molecule has 1 aromatic heterocycles. The summed E-state index contributed by atoms with van der Waals surface area (Å²) < 4.78 is 0. The summed E-state index contributed by atoms with van der Waals surface area (Å²) in [5.74, 6) is 2.03. The summed E-state index contributed by atoms with van der Waals surface area (Å²) in [6.07, 6.45) is 5.25. The molecule has 1 amide bonds. The van der Waals surface area contributed by atoms with Crippen molar-refractivity contribution in [1.82, 2.24) is 4.90 Å². The number of carbonyl (C=O) groups is 1. The number of pyridine rings is 1. The van der Waals surface area contributed by atoms with Gasteiger partial charge in [0.25, 0.3) is 5.91 Å². The van der Waals surface area contributed by atoms with Crippen LogP contribution >= 0.6 is 11.8 Å². The monoisotopic (exact) mass is 456 g/mol. The molecule has 156 valence electrons. The van der Waals surface area contributed by atoms with Gasteiger partial charge < -0.3 is 52.3 Å². The number of H-pyrrole nitrogens is 1. The van der Waals surface area contributed by atoms with Gasteiger partial charge in [0.15, 0.2) is 23.8 Å². The molecular weight excluding hydrogens is 427 g/mol. The summed E-state index contributed by atoms with van der Waals surface area (Å²) >= 11 is 1.88. The lowest BCUT2D eigenvalue weighted by Crippen LogP contribution is -3.15. The molecule has 2 fully saturated rings. The Morgan fingerprint density at radius 3 is 2.63 bits per heavy atom. The first-order valence-electron chi connectivity index (χ1n) is 9.18. The van der Waals surface area contributed by atoms with E-state index >= 15 is 0 Å². The molecule has 0 aliphatic carbocycles. The number of thioether (sulfide) groups is 1. The molecule has 2 atom stereocenters. The van der Waals surface area contributed by atoms with E-state index in [4.69, 9.17) is 0 Å².